The number of rotatable bonds is 7. The minimum Gasteiger partial charge on any atom is -0.393 e. The first-order valence-corrected chi connectivity index (χ1v) is 6.33. The molecule has 0 aromatic heterocycles. The molecule has 1 rings (SSSR count). The fraction of sp³-hybridized carbons (Fsp3) is 0.467. The molecule has 0 saturated heterocycles. The van der Waals surface area contributed by atoms with E-state index < -0.39 is 24.8 Å². The maximum Gasteiger partial charge on any atom is 0.414 e. The molecule has 0 amide bonds. The van der Waals surface area contributed by atoms with Crippen LogP contribution in [0.15, 0.2) is 42.5 Å². The zero-order chi connectivity index (χ0) is 15.2. The lowest BCUT2D eigenvalue weighted by Gasteiger charge is -2.23. The average Bonchev–Trinajstić information content (AvgIpc) is 2.33. The number of aliphatic hydroxyl groups is 1. The SMILES string of the molecule is C=C(C)C[C@@H](O)C[C@@H](OCc1ccccc1)C(F)(F)F. The van der Waals surface area contributed by atoms with E-state index >= 15 is 0 Å². The fourth-order valence-corrected chi connectivity index (χ4v) is 1.80. The molecule has 0 saturated carbocycles. The summed E-state index contributed by atoms with van der Waals surface area (Å²) in [5.74, 6) is 0. The maximum atomic E-state index is 12.9. The highest BCUT2D eigenvalue weighted by Gasteiger charge is 2.41. The highest BCUT2D eigenvalue weighted by Crippen LogP contribution is 2.28. The second-order valence-electron chi connectivity index (χ2n) is 4.88. The first-order chi connectivity index (χ1) is 9.29. The van der Waals surface area contributed by atoms with Gasteiger partial charge in [0.2, 0.25) is 0 Å². The number of ether oxygens (including phenoxy) is 1. The second-order valence-corrected chi connectivity index (χ2v) is 4.88. The Kier molecular flexibility index (Phi) is 6.23. The largest absolute Gasteiger partial charge is 0.414 e. The Morgan fingerprint density at radius 1 is 1.30 bits per heavy atom. The van der Waals surface area contributed by atoms with E-state index in [2.05, 4.69) is 6.58 Å². The van der Waals surface area contributed by atoms with Crippen molar-refractivity contribution in [1.82, 2.24) is 0 Å². The number of alkyl halides is 3. The number of hydrogen-bond acceptors (Lipinski definition) is 2. The average molecular weight is 288 g/mol. The van der Waals surface area contributed by atoms with E-state index in [0.29, 0.717) is 11.1 Å². The highest BCUT2D eigenvalue weighted by molar-refractivity contribution is 5.13. The second kappa shape index (κ2) is 7.45. The van der Waals surface area contributed by atoms with E-state index in [9.17, 15) is 18.3 Å². The number of benzene rings is 1. The molecule has 0 bridgehead atoms. The summed E-state index contributed by atoms with van der Waals surface area (Å²) in [6.07, 6.45) is -7.91. The molecule has 20 heavy (non-hydrogen) atoms. The molecule has 0 fully saturated rings. The van der Waals surface area contributed by atoms with Crippen LogP contribution in [0.3, 0.4) is 0 Å². The third-order valence-electron chi connectivity index (χ3n) is 2.73. The normalized spacial score (nSPS) is 14.8. The molecule has 1 aromatic rings. The minimum absolute atomic E-state index is 0.134. The number of hydrogen-bond donors (Lipinski definition) is 1. The lowest BCUT2D eigenvalue weighted by molar-refractivity contribution is -0.230. The van der Waals surface area contributed by atoms with E-state index in [1.54, 1.807) is 37.3 Å². The maximum absolute atomic E-state index is 12.9. The summed E-state index contributed by atoms with van der Waals surface area (Å²) < 4.78 is 43.5. The van der Waals surface area contributed by atoms with Gasteiger partial charge in [-0.25, -0.2) is 0 Å². The summed E-state index contributed by atoms with van der Waals surface area (Å²) in [7, 11) is 0. The summed E-state index contributed by atoms with van der Waals surface area (Å²) in [6, 6.07) is 8.63. The molecule has 0 heterocycles. The molecule has 0 unspecified atom stereocenters. The molecule has 2 atom stereocenters. The Morgan fingerprint density at radius 3 is 2.40 bits per heavy atom. The van der Waals surface area contributed by atoms with Gasteiger partial charge in [-0.3, -0.25) is 0 Å². The molecular formula is C15H19F3O2. The quantitative estimate of drug-likeness (QED) is 0.772. The van der Waals surface area contributed by atoms with Crippen LogP contribution in [-0.4, -0.2) is 23.5 Å². The van der Waals surface area contributed by atoms with Gasteiger partial charge in [0.05, 0.1) is 12.7 Å². The summed E-state index contributed by atoms with van der Waals surface area (Å²) >= 11 is 0. The van der Waals surface area contributed by atoms with Gasteiger partial charge in [0, 0.05) is 6.42 Å². The van der Waals surface area contributed by atoms with Crippen LogP contribution in [0.2, 0.25) is 0 Å². The monoisotopic (exact) mass is 288 g/mol. The van der Waals surface area contributed by atoms with Crippen molar-refractivity contribution in [2.45, 2.75) is 44.8 Å². The van der Waals surface area contributed by atoms with Gasteiger partial charge in [0.1, 0.15) is 0 Å². The topological polar surface area (TPSA) is 29.5 Å². The van der Waals surface area contributed by atoms with Gasteiger partial charge >= 0.3 is 6.18 Å². The molecular weight excluding hydrogens is 269 g/mol. The molecule has 1 aromatic carbocycles. The van der Waals surface area contributed by atoms with Gasteiger partial charge in [-0.05, 0) is 18.9 Å². The van der Waals surface area contributed by atoms with Crippen LogP contribution < -0.4 is 0 Å². The van der Waals surface area contributed by atoms with Gasteiger partial charge in [0.25, 0.3) is 0 Å². The smallest absolute Gasteiger partial charge is 0.393 e. The first kappa shape index (κ1) is 16.7. The van der Waals surface area contributed by atoms with Crippen molar-refractivity contribution >= 4 is 0 Å². The Labute approximate surface area is 116 Å². The van der Waals surface area contributed by atoms with Crippen LogP contribution >= 0.6 is 0 Å². The Bertz CT molecular complexity index is 415. The van der Waals surface area contributed by atoms with Crippen molar-refractivity contribution in [1.29, 1.82) is 0 Å². The molecule has 5 heteroatoms. The van der Waals surface area contributed by atoms with E-state index in [1.807, 2.05) is 0 Å². The van der Waals surface area contributed by atoms with Crippen molar-refractivity contribution in [3.8, 4) is 0 Å². The zero-order valence-corrected chi connectivity index (χ0v) is 11.4. The third kappa shape index (κ3) is 6.21. The van der Waals surface area contributed by atoms with Crippen molar-refractivity contribution < 1.29 is 23.0 Å². The summed E-state index contributed by atoms with van der Waals surface area (Å²) in [5, 5.41) is 9.61. The van der Waals surface area contributed by atoms with Crippen LogP contribution in [0.5, 0.6) is 0 Å². The van der Waals surface area contributed by atoms with Crippen molar-refractivity contribution in [2.75, 3.05) is 0 Å². The standard InChI is InChI=1S/C15H19F3O2/c1-11(2)8-13(19)9-14(15(16,17)18)20-10-12-6-4-3-5-7-12/h3-7,13-14,19H,1,8-10H2,2H3/t13-,14-/m1/s1. The van der Waals surface area contributed by atoms with Gasteiger partial charge in [-0.2, -0.15) is 13.2 Å². The number of aliphatic hydroxyl groups excluding tert-OH is 1. The predicted molar refractivity (Wildman–Crippen MR) is 71.1 cm³/mol. The molecule has 0 aliphatic heterocycles. The molecule has 0 aliphatic rings. The van der Waals surface area contributed by atoms with Crippen LogP contribution in [0.4, 0.5) is 13.2 Å². The van der Waals surface area contributed by atoms with Crippen molar-refractivity contribution in [3.05, 3.63) is 48.0 Å². The molecule has 0 radical (unpaired) electrons. The Morgan fingerprint density at radius 2 is 1.90 bits per heavy atom. The van der Waals surface area contributed by atoms with Crippen molar-refractivity contribution in [3.63, 3.8) is 0 Å². The van der Waals surface area contributed by atoms with Gasteiger partial charge in [-0.15, -0.1) is 6.58 Å². The first-order valence-electron chi connectivity index (χ1n) is 6.33. The van der Waals surface area contributed by atoms with Crippen LogP contribution in [-0.2, 0) is 11.3 Å². The lowest BCUT2D eigenvalue weighted by Crippen LogP contribution is -2.35. The minimum atomic E-state index is -4.50. The molecule has 0 spiro atoms. The molecule has 2 nitrogen and oxygen atoms in total. The highest BCUT2D eigenvalue weighted by atomic mass is 19.4. The summed E-state index contributed by atoms with van der Waals surface area (Å²) in [6.45, 7) is 5.11. The Hall–Kier alpha value is -1.33. The fourth-order valence-electron chi connectivity index (χ4n) is 1.80. The van der Waals surface area contributed by atoms with Gasteiger partial charge in [0.15, 0.2) is 6.10 Å². The van der Waals surface area contributed by atoms with Gasteiger partial charge in [-0.1, -0.05) is 35.9 Å². The van der Waals surface area contributed by atoms with E-state index in [1.165, 1.54) is 0 Å². The zero-order valence-electron chi connectivity index (χ0n) is 11.4. The van der Waals surface area contributed by atoms with E-state index in [0.717, 1.165) is 0 Å². The van der Waals surface area contributed by atoms with Gasteiger partial charge < -0.3 is 9.84 Å². The molecule has 112 valence electrons. The molecule has 0 aliphatic carbocycles. The Balaban J connectivity index is 2.59. The summed E-state index contributed by atoms with van der Waals surface area (Å²) in [4.78, 5) is 0. The summed E-state index contributed by atoms with van der Waals surface area (Å²) in [5.41, 5.74) is 1.30. The number of halogens is 3. The van der Waals surface area contributed by atoms with E-state index in [4.69, 9.17) is 4.74 Å². The molecule has 1 N–H and O–H groups in total. The van der Waals surface area contributed by atoms with Crippen LogP contribution in [0.25, 0.3) is 0 Å². The lowest BCUT2D eigenvalue weighted by atomic mass is 10.0. The van der Waals surface area contributed by atoms with Crippen molar-refractivity contribution in [2.24, 2.45) is 0 Å². The van der Waals surface area contributed by atoms with Crippen LogP contribution in [0, 0.1) is 0 Å². The van der Waals surface area contributed by atoms with Crippen LogP contribution in [0.1, 0.15) is 25.3 Å². The third-order valence-corrected chi connectivity index (χ3v) is 2.73. The van der Waals surface area contributed by atoms with E-state index in [-0.39, 0.29) is 13.0 Å². The predicted octanol–water partition coefficient (Wildman–Crippen LogP) is 3.85.